The van der Waals surface area contributed by atoms with Crippen LogP contribution in [0.25, 0.3) is 11.0 Å². The van der Waals surface area contributed by atoms with E-state index in [1.807, 2.05) is 20.8 Å². The van der Waals surface area contributed by atoms with Crippen LogP contribution in [0.1, 0.15) is 41.5 Å². The van der Waals surface area contributed by atoms with Gasteiger partial charge in [-0.15, -0.1) is 0 Å². The summed E-state index contributed by atoms with van der Waals surface area (Å²) in [6.07, 6.45) is 0.901. The number of aromatic nitrogens is 1. The maximum atomic E-state index is 11.9. The summed E-state index contributed by atoms with van der Waals surface area (Å²) in [5.41, 5.74) is -0.577. The summed E-state index contributed by atoms with van der Waals surface area (Å²) in [6, 6.07) is 3.36. The molecule has 2 heterocycles. The van der Waals surface area contributed by atoms with Crippen molar-refractivity contribution in [1.82, 2.24) is 4.98 Å². The average Bonchev–Trinajstić information content (AvgIpc) is 2.79. The summed E-state index contributed by atoms with van der Waals surface area (Å²) in [5, 5.41) is 13.4. The topological polar surface area (TPSA) is 93.8 Å². The first-order valence-corrected chi connectivity index (χ1v) is 7.69. The zero-order valence-corrected chi connectivity index (χ0v) is 14.8. The molecular formula is C16H23BN2O5. The number of carbonyl (C=O) groups is 1. The molecule has 0 aliphatic carbocycles. The minimum atomic E-state index is -1.22. The molecule has 0 atom stereocenters. The van der Waals surface area contributed by atoms with Crippen molar-refractivity contribution in [2.45, 2.75) is 52.7 Å². The Morgan fingerprint density at radius 2 is 1.92 bits per heavy atom. The van der Waals surface area contributed by atoms with Crippen molar-refractivity contribution < 1.29 is 23.6 Å². The minimum Gasteiger partial charge on any atom is -0.461 e. The van der Waals surface area contributed by atoms with Crippen molar-refractivity contribution in [2.24, 2.45) is 0 Å². The van der Waals surface area contributed by atoms with Gasteiger partial charge >= 0.3 is 13.2 Å². The number of amides is 1. The summed E-state index contributed by atoms with van der Waals surface area (Å²) in [6.45, 7) is 10.8. The van der Waals surface area contributed by atoms with E-state index in [1.54, 1.807) is 32.9 Å². The van der Waals surface area contributed by atoms with E-state index in [0.29, 0.717) is 11.0 Å². The first kappa shape index (κ1) is 18.3. The predicted molar refractivity (Wildman–Crippen MR) is 92.3 cm³/mol. The van der Waals surface area contributed by atoms with Crippen molar-refractivity contribution in [1.29, 1.82) is 0 Å². The molecule has 0 spiro atoms. The Hall–Kier alpha value is -2.06. The SMILES string of the molecule is CC(C)(C)OB(O)c1cc2ccnc(NC(=O)OC(C)(C)C)c2o1. The lowest BCUT2D eigenvalue weighted by Gasteiger charge is -2.21. The second-order valence-corrected chi connectivity index (χ2v) is 7.44. The second-order valence-electron chi connectivity index (χ2n) is 7.44. The fourth-order valence-corrected chi connectivity index (χ4v) is 1.99. The lowest BCUT2D eigenvalue weighted by molar-refractivity contribution is 0.0635. The lowest BCUT2D eigenvalue weighted by atomic mass is 9.85. The van der Waals surface area contributed by atoms with E-state index in [1.165, 1.54) is 6.20 Å². The molecule has 0 aliphatic heterocycles. The quantitative estimate of drug-likeness (QED) is 0.838. The molecule has 2 rings (SSSR count). The average molecular weight is 334 g/mol. The van der Waals surface area contributed by atoms with Crippen molar-refractivity contribution in [3.63, 3.8) is 0 Å². The van der Waals surface area contributed by atoms with Gasteiger partial charge in [-0.3, -0.25) is 5.32 Å². The van der Waals surface area contributed by atoms with Crippen LogP contribution in [0.5, 0.6) is 0 Å². The number of anilines is 1. The highest BCUT2D eigenvalue weighted by atomic mass is 16.6. The summed E-state index contributed by atoms with van der Waals surface area (Å²) < 4.78 is 16.3. The van der Waals surface area contributed by atoms with Crippen LogP contribution in [0.4, 0.5) is 10.6 Å². The van der Waals surface area contributed by atoms with Gasteiger partial charge in [0.15, 0.2) is 11.4 Å². The molecule has 8 heteroatoms. The molecule has 0 fully saturated rings. The van der Waals surface area contributed by atoms with Crippen LogP contribution in [-0.2, 0) is 9.39 Å². The number of furan rings is 1. The van der Waals surface area contributed by atoms with Crippen LogP contribution in [-0.4, -0.2) is 34.4 Å². The maximum absolute atomic E-state index is 11.9. The molecule has 24 heavy (non-hydrogen) atoms. The van der Waals surface area contributed by atoms with E-state index < -0.39 is 24.4 Å². The molecule has 130 valence electrons. The zero-order chi connectivity index (χ0) is 18.1. The van der Waals surface area contributed by atoms with Gasteiger partial charge in [0.05, 0.1) is 0 Å². The van der Waals surface area contributed by atoms with E-state index >= 15 is 0 Å². The first-order chi connectivity index (χ1) is 10.9. The van der Waals surface area contributed by atoms with E-state index in [9.17, 15) is 9.82 Å². The van der Waals surface area contributed by atoms with Gasteiger partial charge in [-0.1, -0.05) is 0 Å². The molecular weight excluding hydrogens is 311 g/mol. The number of fused-ring (bicyclic) bond motifs is 1. The van der Waals surface area contributed by atoms with Gasteiger partial charge in [-0.25, -0.2) is 9.78 Å². The Labute approximate surface area is 141 Å². The normalized spacial score (nSPS) is 12.3. The number of carbonyl (C=O) groups excluding carboxylic acids is 1. The summed E-state index contributed by atoms with van der Waals surface area (Å²) in [7, 11) is -1.22. The highest BCUT2D eigenvalue weighted by Gasteiger charge is 2.28. The number of nitrogens with zero attached hydrogens (tertiary/aromatic N) is 1. The molecule has 0 bridgehead atoms. The van der Waals surface area contributed by atoms with Gasteiger partial charge in [0, 0.05) is 17.2 Å². The Balaban J connectivity index is 2.25. The van der Waals surface area contributed by atoms with Crippen LogP contribution >= 0.6 is 0 Å². The largest absolute Gasteiger partial charge is 0.529 e. The molecule has 2 N–H and O–H groups in total. The van der Waals surface area contributed by atoms with Gasteiger partial charge in [0.2, 0.25) is 0 Å². The summed E-state index contributed by atoms with van der Waals surface area (Å²) in [4.78, 5) is 16.0. The van der Waals surface area contributed by atoms with E-state index in [2.05, 4.69) is 10.3 Å². The molecule has 0 saturated carbocycles. The van der Waals surface area contributed by atoms with E-state index in [0.717, 1.165) is 0 Å². The van der Waals surface area contributed by atoms with Crippen LogP contribution < -0.4 is 11.0 Å². The summed E-state index contributed by atoms with van der Waals surface area (Å²) in [5.74, 6) is 0.218. The third-order valence-electron chi connectivity index (χ3n) is 2.78. The number of hydrogen-bond acceptors (Lipinski definition) is 6. The third-order valence-corrected chi connectivity index (χ3v) is 2.78. The molecule has 0 unspecified atom stereocenters. The van der Waals surface area contributed by atoms with Gasteiger partial charge in [0.1, 0.15) is 11.3 Å². The van der Waals surface area contributed by atoms with E-state index in [4.69, 9.17) is 13.8 Å². The Bertz CT molecular complexity index is 730. The molecule has 7 nitrogen and oxygen atoms in total. The molecule has 2 aromatic rings. The molecule has 1 amide bonds. The number of rotatable bonds is 3. The zero-order valence-electron chi connectivity index (χ0n) is 14.8. The minimum absolute atomic E-state index is 0.218. The lowest BCUT2D eigenvalue weighted by Crippen LogP contribution is -2.39. The third kappa shape index (κ3) is 4.97. The van der Waals surface area contributed by atoms with Crippen molar-refractivity contribution in [3.05, 3.63) is 18.3 Å². The Morgan fingerprint density at radius 3 is 2.50 bits per heavy atom. The van der Waals surface area contributed by atoms with E-state index in [-0.39, 0.29) is 11.5 Å². The number of nitrogens with one attached hydrogen (secondary N) is 1. The first-order valence-electron chi connectivity index (χ1n) is 7.69. The standard InChI is InChI=1S/C16H23BN2O5/c1-15(2,3)23-14(20)19-13-12-10(7-8-18-13)9-11(22-12)17(21)24-16(4,5)6/h7-9,21H,1-6H3,(H,18,19,20). The molecule has 0 aliphatic rings. The van der Waals surface area contributed by atoms with Crippen molar-refractivity contribution >= 4 is 35.7 Å². The fraction of sp³-hybridized carbons (Fsp3) is 0.500. The Kier molecular flexibility index (Phi) is 4.91. The van der Waals surface area contributed by atoms with Crippen molar-refractivity contribution in [3.8, 4) is 0 Å². The maximum Gasteiger partial charge on any atom is 0.529 e. The monoisotopic (exact) mass is 334 g/mol. The highest BCUT2D eigenvalue weighted by Crippen LogP contribution is 2.22. The number of pyridine rings is 1. The predicted octanol–water partition coefficient (Wildman–Crippen LogP) is 2.68. The summed E-state index contributed by atoms with van der Waals surface area (Å²) >= 11 is 0. The molecule has 2 aromatic heterocycles. The van der Waals surface area contributed by atoms with Gasteiger partial charge in [-0.2, -0.15) is 0 Å². The number of hydrogen-bond donors (Lipinski definition) is 2. The smallest absolute Gasteiger partial charge is 0.461 e. The fourth-order valence-electron chi connectivity index (χ4n) is 1.99. The van der Waals surface area contributed by atoms with Gasteiger partial charge < -0.3 is 18.8 Å². The van der Waals surface area contributed by atoms with Gasteiger partial charge in [-0.05, 0) is 53.7 Å². The highest BCUT2D eigenvalue weighted by molar-refractivity contribution is 6.59. The van der Waals surface area contributed by atoms with Gasteiger partial charge in [0.25, 0.3) is 0 Å². The molecule has 0 radical (unpaired) electrons. The van der Waals surface area contributed by atoms with Crippen LogP contribution in [0.15, 0.2) is 22.7 Å². The molecule has 0 aromatic carbocycles. The number of ether oxygens (including phenoxy) is 1. The Morgan fingerprint density at radius 1 is 1.25 bits per heavy atom. The van der Waals surface area contributed by atoms with Crippen LogP contribution in [0, 0.1) is 0 Å². The van der Waals surface area contributed by atoms with Crippen molar-refractivity contribution in [2.75, 3.05) is 5.32 Å². The molecule has 0 saturated heterocycles. The van der Waals surface area contributed by atoms with Crippen LogP contribution in [0.3, 0.4) is 0 Å². The second kappa shape index (κ2) is 6.45. The van der Waals surface area contributed by atoms with Crippen LogP contribution in [0.2, 0.25) is 0 Å².